The van der Waals surface area contributed by atoms with Gasteiger partial charge in [0.05, 0.1) is 10.9 Å². The number of carbonyl (C=O) groups excluding carboxylic acids is 1. The summed E-state index contributed by atoms with van der Waals surface area (Å²) in [6, 6.07) is 12.5. The van der Waals surface area contributed by atoms with E-state index < -0.39 is 11.7 Å². The minimum absolute atomic E-state index is 0.00657. The van der Waals surface area contributed by atoms with Gasteiger partial charge >= 0.3 is 11.7 Å². The van der Waals surface area contributed by atoms with Crippen molar-refractivity contribution < 1.29 is 9.53 Å². The smallest absolute Gasteiger partial charge is 0.332 e. The molecule has 29 heavy (non-hydrogen) atoms. The summed E-state index contributed by atoms with van der Waals surface area (Å²) in [5, 5.41) is 0.396. The molecule has 0 atom stereocenters. The van der Waals surface area contributed by atoms with Gasteiger partial charge in [-0.2, -0.15) is 0 Å². The molecular formula is C23H26N2O4. The van der Waals surface area contributed by atoms with Crippen LogP contribution in [0.5, 0.6) is 5.75 Å². The molecule has 1 heterocycles. The van der Waals surface area contributed by atoms with Crippen LogP contribution in [0, 0.1) is 6.92 Å². The van der Waals surface area contributed by atoms with Crippen molar-refractivity contribution in [2.24, 2.45) is 0 Å². The van der Waals surface area contributed by atoms with Crippen LogP contribution in [0.1, 0.15) is 38.8 Å². The molecule has 0 saturated heterocycles. The number of ether oxygens (including phenoxy) is 1. The Balaban J connectivity index is 1.95. The van der Waals surface area contributed by atoms with Gasteiger partial charge in [0.15, 0.2) is 0 Å². The molecule has 0 aliphatic heterocycles. The van der Waals surface area contributed by atoms with Crippen molar-refractivity contribution in [3.63, 3.8) is 0 Å². The molecule has 0 bridgehead atoms. The Bertz CT molecular complexity index is 1200. The monoisotopic (exact) mass is 394 g/mol. The number of para-hydroxylation sites is 1. The molecule has 0 radical (unpaired) electrons. The van der Waals surface area contributed by atoms with Crippen LogP contribution in [-0.4, -0.2) is 15.1 Å². The number of carbonyl (C=O) groups is 1. The van der Waals surface area contributed by atoms with Crippen molar-refractivity contribution in [3.8, 4) is 5.75 Å². The second-order valence-corrected chi connectivity index (χ2v) is 8.14. The summed E-state index contributed by atoms with van der Waals surface area (Å²) in [5.41, 5.74) is 1.53. The van der Waals surface area contributed by atoms with Crippen LogP contribution in [0.4, 0.5) is 0 Å². The van der Waals surface area contributed by atoms with Crippen molar-refractivity contribution in [2.45, 2.75) is 53.1 Å². The summed E-state index contributed by atoms with van der Waals surface area (Å²) in [7, 11) is 0. The first-order chi connectivity index (χ1) is 13.6. The minimum atomic E-state index is -0.565. The van der Waals surface area contributed by atoms with Gasteiger partial charge in [-0.3, -0.25) is 13.9 Å². The van der Waals surface area contributed by atoms with Gasteiger partial charge in [-0.1, -0.05) is 45.0 Å². The van der Waals surface area contributed by atoms with Gasteiger partial charge in [-0.15, -0.1) is 0 Å². The topological polar surface area (TPSA) is 70.3 Å². The molecule has 3 rings (SSSR count). The number of fused-ring (bicyclic) bond motifs is 1. The average molecular weight is 394 g/mol. The molecule has 0 amide bonds. The van der Waals surface area contributed by atoms with E-state index >= 15 is 0 Å². The van der Waals surface area contributed by atoms with Gasteiger partial charge < -0.3 is 4.74 Å². The zero-order chi connectivity index (χ0) is 21.3. The number of benzene rings is 2. The molecular weight excluding hydrogens is 368 g/mol. The van der Waals surface area contributed by atoms with E-state index in [-0.39, 0.29) is 24.1 Å². The van der Waals surface area contributed by atoms with Crippen molar-refractivity contribution in [1.82, 2.24) is 9.13 Å². The van der Waals surface area contributed by atoms with Crippen LogP contribution in [-0.2, 0) is 23.3 Å². The molecule has 0 N–H and O–H groups in total. The van der Waals surface area contributed by atoms with E-state index in [0.717, 1.165) is 15.7 Å². The van der Waals surface area contributed by atoms with Crippen LogP contribution in [0.2, 0.25) is 0 Å². The second kappa shape index (κ2) is 7.70. The third kappa shape index (κ3) is 4.01. The minimum Gasteiger partial charge on any atom is -0.425 e. The standard InChI is InChI=1S/C23H26N2O4/c1-6-24-21(27)17-9-7-8-10-18(17)25(22(24)28)14-20(26)29-19-12-11-16(13-15(19)2)23(3,4)5/h7-13H,6,14H2,1-5H3. The SMILES string of the molecule is CCn1c(=O)c2ccccc2n(CC(=O)Oc2ccc(C(C)(C)C)cc2C)c1=O. The normalized spacial score (nSPS) is 11.6. The Kier molecular flexibility index (Phi) is 5.46. The lowest BCUT2D eigenvalue weighted by Crippen LogP contribution is -2.41. The van der Waals surface area contributed by atoms with E-state index in [1.54, 1.807) is 37.3 Å². The Hall–Kier alpha value is -3.15. The molecule has 6 heteroatoms. The predicted molar refractivity (Wildman–Crippen MR) is 114 cm³/mol. The van der Waals surface area contributed by atoms with Crippen molar-refractivity contribution in [2.75, 3.05) is 0 Å². The van der Waals surface area contributed by atoms with Crippen molar-refractivity contribution in [1.29, 1.82) is 0 Å². The maximum Gasteiger partial charge on any atom is 0.332 e. The molecule has 0 spiro atoms. The number of nitrogens with zero attached hydrogens (tertiary/aromatic N) is 2. The molecule has 6 nitrogen and oxygen atoms in total. The lowest BCUT2D eigenvalue weighted by molar-refractivity contribution is -0.135. The number of hydrogen-bond donors (Lipinski definition) is 0. The molecule has 1 aromatic heterocycles. The van der Waals surface area contributed by atoms with E-state index in [1.165, 1.54) is 4.57 Å². The Morgan fingerprint density at radius 3 is 2.34 bits per heavy atom. The molecule has 0 aliphatic rings. The summed E-state index contributed by atoms with van der Waals surface area (Å²) in [6.45, 7) is 9.91. The summed E-state index contributed by atoms with van der Waals surface area (Å²) < 4.78 is 7.96. The van der Waals surface area contributed by atoms with Crippen LogP contribution >= 0.6 is 0 Å². The highest BCUT2D eigenvalue weighted by molar-refractivity contribution is 5.80. The molecule has 0 aliphatic carbocycles. The van der Waals surface area contributed by atoms with E-state index in [0.29, 0.717) is 16.7 Å². The average Bonchev–Trinajstić information content (AvgIpc) is 2.66. The maximum atomic E-state index is 12.8. The highest BCUT2D eigenvalue weighted by Gasteiger charge is 2.18. The fourth-order valence-electron chi connectivity index (χ4n) is 3.32. The fourth-order valence-corrected chi connectivity index (χ4v) is 3.32. The van der Waals surface area contributed by atoms with Crippen LogP contribution in [0.3, 0.4) is 0 Å². The van der Waals surface area contributed by atoms with E-state index in [2.05, 4.69) is 20.8 Å². The Morgan fingerprint density at radius 1 is 1.03 bits per heavy atom. The summed E-state index contributed by atoms with van der Waals surface area (Å²) in [5.74, 6) is -0.102. The number of hydrogen-bond acceptors (Lipinski definition) is 4. The van der Waals surface area contributed by atoms with E-state index in [9.17, 15) is 14.4 Å². The molecule has 0 unspecified atom stereocenters. The highest BCUT2D eigenvalue weighted by Crippen LogP contribution is 2.27. The number of rotatable bonds is 4. The Morgan fingerprint density at radius 2 is 1.72 bits per heavy atom. The highest BCUT2D eigenvalue weighted by atomic mass is 16.5. The molecule has 3 aromatic rings. The van der Waals surface area contributed by atoms with Gasteiger partial charge in [0.25, 0.3) is 5.56 Å². The first-order valence-corrected chi connectivity index (χ1v) is 9.67. The van der Waals surface area contributed by atoms with Crippen molar-refractivity contribution >= 4 is 16.9 Å². The third-order valence-electron chi connectivity index (χ3n) is 5.00. The number of aromatic nitrogens is 2. The van der Waals surface area contributed by atoms with Gasteiger partial charge in [0, 0.05) is 6.54 Å². The summed E-state index contributed by atoms with van der Waals surface area (Å²) in [4.78, 5) is 37.9. The Labute approximate surface area is 169 Å². The van der Waals surface area contributed by atoms with Crippen LogP contribution < -0.4 is 16.0 Å². The number of esters is 1. The molecule has 152 valence electrons. The van der Waals surface area contributed by atoms with Gasteiger partial charge in [-0.05, 0) is 48.6 Å². The largest absolute Gasteiger partial charge is 0.425 e. The van der Waals surface area contributed by atoms with E-state index in [4.69, 9.17) is 4.74 Å². The van der Waals surface area contributed by atoms with Crippen LogP contribution in [0.15, 0.2) is 52.1 Å². The van der Waals surface area contributed by atoms with E-state index in [1.807, 2.05) is 19.1 Å². The zero-order valence-corrected chi connectivity index (χ0v) is 17.5. The van der Waals surface area contributed by atoms with Gasteiger partial charge in [0.1, 0.15) is 12.3 Å². The van der Waals surface area contributed by atoms with Crippen molar-refractivity contribution in [3.05, 3.63) is 74.4 Å². The lowest BCUT2D eigenvalue weighted by Gasteiger charge is -2.20. The summed E-state index contributed by atoms with van der Waals surface area (Å²) in [6.07, 6.45) is 0. The van der Waals surface area contributed by atoms with Gasteiger partial charge in [0.2, 0.25) is 0 Å². The predicted octanol–water partition coefficient (Wildman–Crippen LogP) is 3.39. The summed E-state index contributed by atoms with van der Waals surface area (Å²) >= 11 is 0. The third-order valence-corrected chi connectivity index (χ3v) is 5.00. The maximum absolute atomic E-state index is 12.8. The fraction of sp³-hybridized carbons (Fsp3) is 0.348. The first-order valence-electron chi connectivity index (χ1n) is 9.67. The second-order valence-electron chi connectivity index (χ2n) is 8.14. The van der Waals surface area contributed by atoms with Gasteiger partial charge in [-0.25, -0.2) is 9.59 Å². The zero-order valence-electron chi connectivity index (χ0n) is 17.5. The first kappa shape index (κ1) is 20.6. The molecule has 0 fully saturated rings. The lowest BCUT2D eigenvalue weighted by atomic mass is 9.86. The quantitative estimate of drug-likeness (QED) is 0.502. The molecule has 2 aromatic carbocycles. The number of aryl methyl sites for hydroxylation is 1. The van der Waals surface area contributed by atoms with Crippen LogP contribution in [0.25, 0.3) is 10.9 Å². The molecule has 0 saturated carbocycles.